The van der Waals surface area contributed by atoms with E-state index in [2.05, 4.69) is 46.0 Å². The number of hydrogen-bond donors (Lipinski definition) is 1. The van der Waals surface area contributed by atoms with E-state index in [0.29, 0.717) is 18.2 Å². The molecule has 0 unspecified atom stereocenters. The highest BCUT2D eigenvalue weighted by molar-refractivity contribution is 5.80. The van der Waals surface area contributed by atoms with Gasteiger partial charge in [-0.2, -0.15) is 0 Å². The fraction of sp³-hybridized carbons (Fsp3) is 0.148. The predicted molar refractivity (Wildman–Crippen MR) is 125 cm³/mol. The number of H-pyrrole nitrogens is 1. The molecule has 0 spiro atoms. The van der Waals surface area contributed by atoms with Crippen LogP contribution >= 0.6 is 0 Å². The van der Waals surface area contributed by atoms with Gasteiger partial charge in [0.1, 0.15) is 0 Å². The number of aromatic nitrogens is 1. The van der Waals surface area contributed by atoms with Crippen molar-refractivity contribution in [2.75, 3.05) is 19.0 Å². The van der Waals surface area contributed by atoms with Crippen LogP contribution in [0.2, 0.25) is 0 Å². The monoisotopic (exact) mass is 392 g/mol. The van der Waals surface area contributed by atoms with Crippen molar-refractivity contribution in [3.8, 4) is 11.8 Å². The molecule has 0 aliphatic rings. The smallest absolute Gasteiger partial charge is 0.192 e. The molecule has 0 saturated heterocycles. The summed E-state index contributed by atoms with van der Waals surface area (Å²) >= 11 is 0. The van der Waals surface area contributed by atoms with E-state index in [1.54, 1.807) is 0 Å². The first-order valence-corrected chi connectivity index (χ1v) is 10.0. The first-order valence-electron chi connectivity index (χ1n) is 10.0. The minimum atomic E-state index is 0.0653. The van der Waals surface area contributed by atoms with Crippen LogP contribution in [0.5, 0.6) is 0 Å². The normalized spacial score (nSPS) is 10.5. The molecule has 4 rings (SSSR count). The van der Waals surface area contributed by atoms with Crippen LogP contribution in [0.15, 0.2) is 83.8 Å². The highest BCUT2D eigenvalue weighted by Gasteiger charge is 2.06. The number of aromatic amines is 1. The maximum absolute atomic E-state index is 13.0. The van der Waals surface area contributed by atoms with Gasteiger partial charge in [-0.05, 0) is 41.5 Å². The number of nitrogens with one attached hydrogen (secondary N) is 1. The van der Waals surface area contributed by atoms with Crippen molar-refractivity contribution >= 4 is 16.6 Å². The Labute approximate surface area is 177 Å². The van der Waals surface area contributed by atoms with Crippen molar-refractivity contribution in [2.45, 2.75) is 12.8 Å². The first kappa shape index (κ1) is 19.5. The second kappa shape index (κ2) is 8.71. The standard InChI is InChI=1S/C27H24N2O/c1-29(2)24-14-11-20(12-15-24)9-6-10-22-13-16-26-25(18-22)27(30)23(19-28-26)17-21-7-4-3-5-8-21/h3-5,7-8,11-16,18-19H,9,17H2,1-2H3,(H,28,30). The van der Waals surface area contributed by atoms with Gasteiger partial charge in [0, 0.05) is 60.9 Å². The summed E-state index contributed by atoms with van der Waals surface area (Å²) in [7, 11) is 4.06. The lowest BCUT2D eigenvalue weighted by Gasteiger charge is -2.11. The minimum absolute atomic E-state index is 0.0653. The quantitative estimate of drug-likeness (QED) is 0.508. The second-order valence-corrected chi connectivity index (χ2v) is 7.61. The average Bonchev–Trinajstić information content (AvgIpc) is 2.77. The van der Waals surface area contributed by atoms with E-state index in [4.69, 9.17) is 0 Å². The van der Waals surface area contributed by atoms with Gasteiger partial charge in [0.2, 0.25) is 0 Å². The molecule has 1 N–H and O–H groups in total. The summed E-state index contributed by atoms with van der Waals surface area (Å²) in [6, 6.07) is 24.2. The molecule has 0 bridgehead atoms. The van der Waals surface area contributed by atoms with Crippen molar-refractivity contribution in [1.82, 2.24) is 4.98 Å². The number of anilines is 1. The van der Waals surface area contributed by atoms with Gasteiger partial charge in [-0.15, -0.1) is 0 Å². The molecule has 0 atom stereocenters. The van der Waals surface area contributed by atoms with Crippen LogP contribution in [0.3, 0.4) is 0 Å². The molecule has 148 valence electrons. The van der Waals surface area contributed by atoms with Crippen molar-refractivity contribution < 1.29 is 0 Å². The van der Waals surface area contributed by atoms with Crippen LogP contribution in [-0.2, 0) is 12.8 Å². The summed E-state index contributed by atoms with van der Waals surface area (Å²) in [5, 5.41) is 0.686. The fourth-order valence-electron chi connectivity index (χ4n) is 3.45. The number of pyridine rings is 1. The van der Waals surface area contributed by atoms with E-state index < -0.39 is 0 Å². The molecule has 0 fully saturated rings. The molecule has 0 amide bonds. The number of rotatable bonds is 4. The van der Waals surface area contributed by atoms with Gasteiger partial charge in [-0.25, -0.2) is 0 Å². The van der Waals surface area contributed by atoms with E-state index in [1.165, 1.54) is 11.3 Å². The molecular weight excluding hydrogens is 368 g/mol. The van der Waals surface area contributed by atoms with E-state index in [0.717, 1.165) is 22.2 Å². The van der Waals surface area contributed by atoms with Crippen LogP contribution in [0.25, 0.3) is 10.9 Å². The summed E-state index contributed by atoms with van der Waals surface area (Å²) in [5.74, 6) is 6.44. The number of nitrogens with zero attached hydrogens (tertiary/aromatic N) is 1. The molecular formula is C27H24N2O. The Hall–Kier alpha value is -3.77. The van der Waals surface area contributed by atoms with Crippen molar-refractivity contribution in [3.63, 3.8) is 0 Å². The topological polar surface area (TPSA) is 36.1 Å². The molecule has 1 heterocycles. The molecule has 3 nitrogen and oxygen atoms in total. The molecule has 3 aromatic carbocycles. The molecule has 0 aliphatic heterocycles. The molecule has 4 aromatic rings. The lowest BCUT2D eigenvalue weighted by molar-refractivity contribution is 1.13. The highest BCUT2D eigenvalue weighted by atomic mass is 16.1. The fourth-order valence-corrected chi connectivity index (χ4v) is 3.45. The third-order valence-electron chi connectivity index (χ3n) is 5.17. The Kier molecular flexibility index (Phi) is 5.68. The molecule has 0 radical (unpaired) electrons. The SMILES string of the molecule is CN(C)c1ccc(CC#Cc2ccc3[nH]cc(Cc4ccccc4)c(=O)c3c2)cc1. The van der Waals surface area contributed by atoms with Gasteiger partial charge in [0.05, 0.1) is 0 Å². The average molecular weight is 393 g/mol. The minimum Gasteiger partial charge on any atom is -0.378 e. The Balaban J connectivity index is 1.56. The largest absolute Gasteiger partial charge is 0.378 e. The van der Waals surface area contributed by atoms with E-state index in [1.807, 2.05) is 68.8 Å². The van der Waals surface area contributed by atoms with Gasteiger partial charge >= 0.3 is 0 Å². The third kappa shape index (κ3) is 4.45. The third-order valence-corrected chi connectivity index (χ3v) is 5.17. The lowest BCUT2D eigenvalue weighted by atomic mass is 10.0. The van der Waals surface area contributed by atoms with Gasteiger partial charge in [0.25, 0.3) is 0 Å². The van der Waals surface area contributed by atoms with Gasteiger partial charge in [0.15, 0.2) is 5.43 Å². The summed E-state index contributed by atoms with van der Waals surface area (Å²) in [5.41, 5.74) is 5.99. The summed E-state index contributed by atoms with van der Waals surface area (Å²) < 4.78 is 0. The van der Waals surface area contributed by atoms with Crippen molar-refractivity contribution in [1.29, 1.82) is 0 Å². The van der Waals surface area contributed by atoms with Gasteiger partial charge in [-0.1, -0.05) is 54.3 Å². The Morgan fingerprint density at radius 1 is 0.900 bits per heavy atom. The Morgan fingerprint density at radius 2 is 1.67 bits per heavy atom. The Morgan fingerprint density at radius 3 is 2.40 bits per heavy atom. The molecule has 30 heavy (non-hydrogen) atoms. The van der Waals surface area contributed by atoms with Crippen molar-refractivity contribution in [2.24, 2.45) is 0 Å². The van der Waals surface area contributed by atoms with Crippen LogP contribution in [0.4, 0.5) is 5.69 Å². The lowest BCUT2D eigenvalue weighted by Crippen LogP contribution is -2.10. The van der Waals surface area contributed by atoms with Crippen LogP contribution in [0, 0.1) is 11.8 Å². The summed E-state index contributed by atoms with van der Waals surface area (Å²) in [6.07, 6.45) is 3.11. The maximum atomic E-state index is 13.0. The zero-order valence-electron chi connectivity index (χ0n) is 17.3. The summed E-state index contributed by atoms with van der Waals surface area (Å²) in [6.45, 7) is 0. The van der Waals surface area contributed by atoms with Gasteiger partial charge < -0.3 is 9.88 Å². The van der Waals surface area contributed by atoms with E-state index >= 15 is 0 Å². The van der Waals surface area contributed by atoms with Crippen LogP contribution in [0.1, 0.15) is 22.3 Å². The number of benzene rings is 3. The second-order valence-electron chi connectivity index (χ2n) is 7.61. The van der Waals surface area contributed by atoms with E-state index in [-0.39, 0.29) is 5.43 Å². The van der Waals surface area contributed by atoms with Crippen LogP contribution < -0.4 is 10.3 Å². The van der Waals surface area contributed by atoms with E-state index in [9.17, 15) is 4.79 Å². The van der Waals surface area contributed by atoms with Gasteiger partial charge in [-0.3, -0.25) is 4.79 Å². The summed E-state index contributed by atoms with van der Waals surface area (Å²) in [4.78, 5) is 18.3. The molecule has 0 aliphatic carbocycles. The highest BCUT2D eigenvalue weighted by Crippen LogP contribution is 2.14. The molecule has 3 heteroatoms. The van der Waals surface area contributed by atoms with Crippen LogP contribution in [-0.4, -0.2) is 19.1 Å². The zero-order chi connectivity index (χ0) is 20.9. The molecule has 1 aromatic heterocycles. The first-order chi connectivity index (χ1) is 14.6. The predicted octanol–water partition coefficient (Wildman–Crippen LogP) is 4.78. The Bertz CT molecular complexity index is 1270. The zero-order valence-corrected chi connectivity index (χ0v) is 17.3. The number of hydrogen-bond acceptors (Lipinski definition) is 2. The van der Waals surface area contributed by atoms with Crippen molar-refractivity contribution in [3.05, 3.63) is 111 Å². The maximum Gasteiger partial charge on any atom is 0.192 e. The number of fused-ring (bicyclic) bond motifs is 1. The molecule has 0 saturated carbocycles.